The molecular formula is C17H17N3O3. The second-order valence-corrected chi connectivity index (χ2v) is 4.98. The van der Waals surface area contributed by atoms with E-state index in [1.54, 1.807) is 16.9 Å². The number of rotatable bonds is 4. The molecule has 0 bridgehead atoms. The van der Waals surface area contributed by atoms with Gasteiger partial charge in [-0.1, -0.05) is 18.2 Å². The maximum Gasteiger partial charge on any atom is 0.356 e. The largest absolute Gasteiger partial charge is 0.478 e. The standard InChI is InChI=1S/C17H17N3O3/c1-4-23-16-13(10-18-20(16)2)12-9-15(17(21)22-3)19-14-8-6-5-7-11(12)14/h5-10H,4H2,1-3H3. The fourth-order valence-electron chi connectivity index (χ4n) is 2.53. The average Bonchev–Trinajstić information content (AvgIpc) is 2.94. The van der Waals surface area contributed by atoms with Crippen LogP contribution in [0.5, 0.6) is 5.88 Å². The molecule has 2 heterocycles. The molecule has 0 saturated carbocycles. The Morgan fingerprint density at radius 1 is 1.26 bits per heavy atom. The Balaban J connectivity index is 2.29. The Bertz CT molecular complexity index is 871. The lowest BCUT2D eigenvalue weighted by Gasteiger charge is -2.10. The minimum Gasteiger partial charge on any atom is -0.478 e. The molecular weight excluding hydrogens is 294 g/mol. The summed E-state index contributed by atoms with van der Waals surface area (Å²) in [6.07, 6.45) is 1.73. The topological polar surface area (TPSA) is 66.2 Å². The highest BCUT2D eigenvalue weighted by atomic mass is 16.5. The molecule has 0 aliphatic rings. The minimum atomic E-state index is -0.473. The summed E-state index contributed by atoms with van der Waals surface area (Å²) in [5.74, 6) is 0.179. The Kier molecular flexibility index (Phi) is 3.97. The summed E-state index contributed by atoms with van der Waals surface area (Å²) in [4.78, 5) is 16.3. The smallest absolute Gasteiger partial charge is 0.356 e. The first-order chi connectivity index (χ1) is 11.2. The maximum absolute atomic E-state index is 11.9. The van der Waals surface area contributed by atoms with Crippen molar-refractivity contribution in [1.29, 1.82) is 0 Å². The number of hydrogen-bond donors (Lipinski definition) is 0. The number of nitrogens with zero attached hydrogens (tertiary/aromatic N) is 3. The van der Waals surface area contributed by atoms with E-state index in [1.165, 1.54) is 7.11 Å². The molecule has 0 amide bonds. The van der Waals surface area contributed by atoms with Gasteiger partial charge in [-0.25, -0.2) is 14.5 Å². The fourth-order valence-corrected chi connectivity index (χ4v) is 2.53. The van der Waals surface area contributed by atoms with E-state index in [-0.39, 0.29) is 5.69 Å². The maximum atomic E-state index is 11.9. The number of fused-ring (bicyclic) bond motifs is 1. The Hall–Kier alpha value is -2.89. The zero-order chi connectivity index (χ0) is 16.4. The molecule has 0 fully saturated rings. The molecule has 1 aromatic carbocycles. The lowest BCUT2D eigenvalue weighted by molar-refractivity contribution is 0.0594. The fraction of sp³-hybridized carbons (Fsp3) is 0.235. The number of aromatic nitrogens is 3. The van der Waals surface area contributed by atoms with Crippen molar-refractivity contribution in [1.82, 2.24) is 14.8 Å². The molecule has 0 atom stereocenters. The van der Waals surface area contributed by atoms with Gasteiger partial charge < -0.3 is 9.47 Å². The number of ether oxygens (including phenoxy) is 2. The van der Waals surface area contributed by atoms with Crippen LogP contribution in [0.15, 0.2) is 36.5 Å². The number of benzene rings is 1. The van der Waals surface area contributed by atoms with Gasteiger partial charge in [0.2, 0.25) is 5.88 Å². The Labute approximate surface area is 133 Å². The molecule has 6 nitrogen and oxygen atoms in total. The number of esters is 1. The second kappa shape index (κ2) is 6.08. The summed E-state index contributed by atoms with van der Waals surface area (Å²) in [6.45, 7) is 2.45. The lowest BCUT2D eigenvalue weighted by atomic mass is 10.0. The molecule has 0 N–H and O–H groups in total. The van der Waals surface area contributed by atoms with Crippen molar-refractivity contribution >= 4 is 16.9 Å². The average molecular weight is 311 g/mol. The number of carbonyl (C=O) groups excluding carboxylic acids is 1. The molecule has 3 rings (SSSR count). The van der Waals surface area contributed by atoms with Crippen molar-refractivity contribution in [3.05, 3.63) is 42.2 Å². The van der Waals surface area contributed by atoms with Gasteiger partial charge >= 0.3 is 5.97 Å². The van der Waals surface area contributed by atoms with Crippen LogP contribution in [0.25, 0.3) is 22.0 Å². The summed E-state index contributed by atoms with van der Waals surface area (Å²) in [6, 6.07) is 9.35. The van der Waals surface area contributed by atoms with Crippen LogP contribution < -0.4 is 4.74 Å². The molecule has 6 heteroatoms. The van der Waals surface area contributed by atoms with Crippen LogP contribution in [0, 0.1) is 0 Å². The molecule has 23 heavy (non-hydrogen) atoms. The van der Waals surface area contributed by atoms with E-state index in [0.717, 1.165) is 22.0 Å². The highest BCUT2D eigenvalue weighted by Crippen LogP contribution is 2.34. The van der Waals surface area contributed by atoms with E-state index in [2.05, 4.69) is 10.1 Å². The highest BCUT2D eigenvalue weighted by molar-refractivity contribution is 6.00. The van der Waals surface area contributed by atoms with Crippen molar-refractivity contribution in [2.24, 2.45) is 7.05 Å². The zero-order valence-electron chi connectivity index (χ0n) is 13.2. The van der Waals surface area contributed by atoms with Gasteiger partial charge in [0.05, 0.1) is 31.0 Å². The van der Waals surface area contributed by atoms with Crippen LogP contribution in [-0.2, 0) is 11.8 Å². The summed E-state index contributed by atoms with van der Waals surface area (Å²) in [5, 5.41) is 5.19. The van der Waals surface area contributed by atoms with Gasteiger partial charge in [0, 0.05) is 18.0 Å². The third kappa shape index (κ3) is 2.63. The predicted molar refractivity (Wildman–Crippen MR) is 86.5 cm³/mol. The first-order valence-corrected chi connectivity index (χ1v) is 7.29. The normalized spacial score (nSPS) is 10.7. The van der Waals surface area contributed by atoms with Gasteiger partial charge in [-0.15, -0.1) is 0 Å². The van der Waals surface area contributed by atoms with Crippen molar-refractivity contribution in [2.45, 2.75) is 6.92 Å². The van der Waals surface area contributed by atoms with Gasteiger partial charge in [0.15, 0.2) is 0 Å². The monoisotopic (exact) mass is 311 g/mol. The molecule has 118 valence electrons. The van der Waals surface area contributed by atoms with Gasteiger partial charge in [-0.05, 0) is 19.1 Å². The summed E-state index contributed by atoms with van der Waals surface area (Å²) in [5.41, 5.74) is 2.63. The van der Waals surface area contributed by atoms with Crippen molar-refractivity contribution in [3.8, 4) is 17.0 Å². The number of hydrogen-bond acceptors (Lipinski definition) is 5. The van der Waals surface area contributed by atoms with E-state index < -0.39 is 5.97 Å². The van der Waals surface area contributed by atoms with E-state index in [1.807, 2.05) is 38.2 Å². The molecule has 0 radical (unpaired) electrons. The van der Waals surface area contributed by atoms with Crippen LogP contribution in [0.2, 0.25) is 0 Å². The number of pyridine rings is 1. The number of methoxy groups -OCH3 is 1. The van der Waals surface area contributed by atoms with Crippen molar-refractivity contribution in [2.75, 3.05) is 13.7 Å². The Morgan fingerprint density at radius 3 is 2.78 bits per heavy atom. The third-order valence-electron chi connectivity index (χ3n) is 3.57. The van der Waals surface area contributed by atoms with Crippen LogP contribution in [-0.4, -0.2) is 34.5 Å². The van der Waals surface area contributed by atoms with Gasteiger partial charge in [0.25, 0.3) is 0 Å². The van der Waals surface area contributed by atoms with Crippen LogP contribution in [0.4, 0.5) is 0 Å². The molecule has 3 aromatic rings. The number of aryl methyl sites for hydroxylation is 1. The molecule has 0 unspecified atom stereocenters. The van der Waals surface area contributed by atoms with E-state index in [9.17, 15) is 4.79 Å². The molecule has 0 spiro atoms. The van der Waals surface area contributed by atoms with Gasteiger partial charge in [0.1, 0.15) is 5.69 Å². The summed E-state index contributed by atoms with van der Waals surface area (Å²) in [7, 11) is 3.16. The SMILES string of the molecule is CCOc1c(-c2cc(C(=O)OC)nc3ccccc23)cnn1C. The minimum absolute atomic E-state index is 0.257. The van der Waals surface area contributed by atoms with Crippen LogP contribution in [0.3, 0.4) is 0 Å². The summed E-state index contributed by atoms with van der Waals surface area (Å²) >= 11 is 0. The van der Waals surface area contributed by atoms with Gasteiger partial charge in [-0.2, -0.15) is 5.10 Å². The second-order valence-electron chi connectivity index (χ2n) is 4.98. The van der Waals surface area contributed by atoms with E-state index >= 15 is 0 Å². The molecule has 0 aliphatic carbocycles. The first kappa shape index (κ1) is 15.0. The van der Waals surface area contributed by atoms with Gasteiger partial charge in [-0.3, -0.25) is 0 Å². The first-order valence-electron chi connectivity index (χ1n) is 7.29. The van der Waals surface area contributed by atoms with E-state index in [4.69, 9.17) is 9.47 Å². The third-order valence-corrected chi connectivity index (χ3v) is 3.57. The predicted octanol–water partition coefficient (Wildman–Crippen LogP) is 2.82. The lowest BCUT2D eigenvalue weighted by Crippen LogP contribution is -2.05. The van der Waals surface area contributed by atoms with Crippen molar-refractivity contribution in [3.63, 3.8) is 0 Å². The van der Waals surface area contributed by atoms with Crippen LogP contribution in [0.1, 0.15) is 17.4 Å². The quantitative estimate of drug-likeness (QED) is 0.693. The van der Waals surface area contributed by atoms with Crippen LogP contribution >= 0.6 is 0 Å². The number of carbonyl (C=O) groups is 1. The molecule has 0 saturated heterocycles. The molecule has 2 aromatic heterocycles. The summed E-state index contributed by atoms with van der Waals surface area (Å²) < 4.78 is 12.2. The van der Waals surface area contributed by atoms with Crippen molar-refractivity contribution < 1.29 is 14.3 Å². The van der Waals surface area contributed by atoms with E-state index in [0.29, 0.717) is 12.5 Å². The number of para-hydroxylation sites is 1. The molecule has 0 aliphatic heterocycles. The Morgan fingerprint density at radius 2 is 2.04 bits per heavy atom. The highest BCUT2D eigenvalue weighted by Gasteiger charge is 2.18. The zero-order valence-corrected chi connectivity index (χ0v) is 13.2.